The minimum absolute atomic E-state index is 0.193. The number of benzene rings is 1. The summed E-state index contributed by atoms with van der Waals surface area (Å²) < 4.78 is 5.80. The number of aryl methyl sites for hydroxylation is 4. The molecule has 0 aliphatic heterocycles. The molecule has 0 aliphatic rings. The van der Waals surface area contributed by atoms with Crippen molar-refractivity contribution in [1.29, 1.82) is 0 Å². The van der Waals surface area contributed by atoms with E-state index in [2.05, 4.69) is 63.5 Å². The average Bonchev–Trinajstić information content (AvgIpc) is 2.61. The minimum Gasteiger partial charge on any atom is -0.466 e. The first-order valence-corrected chi connectivity index (χ1v) is 7.95. The van der Waals surface area contributed by atoms with Crippen LogP contribution in [0.4, 0.5) is 0 Å². The van der Waals surface area contributed by atoms with Gasteiger partial charge in [0.25, 0.3) is 0 Å². The van der Waals surface area contributed by atoms with E-state index in [-0.39, 0.29) is 4.83 Å². The number of alkyl halides is 1. The van der Waals surface area contributed by atoms with Crippen molar-refractivity contribution >= 4 is 15.9 Å². The summed E-state index contributed by atoms with van der Waals surface area (Å²) in [6, 6.07) is 2.27. The molecule has 1 aromatic carbocycles. The first kappa shape index (κ1) is 15.4. The lowest BCUT2D eigenvalue weighted by atomic mass is 9.89. The number of hydrogen-bond donors (Lipinski definition) is 0. The molecule has 0 saturated carbocycles. The maximum atomic E-state index is 5.80. The fourth-order valence-corrected chi connectivity index (χ4v) is 4.31. The quantitative estimate of drug-likeness (QED) is 0.621. The van der Waals surface area contributed by atoms with E-state index < -0.39 is 0 Å². The van der Waals surface area contributed by atoms with Crippen LogP contribution in [0.3, 0.4) is 0 Å². The molecular formula is C18H23BrO. The predicted molar refractivity (Wildman–Crippen MR) is 89.1 cm³/mol. The Kier molecular flexibility index (Phi) is 4.15. The summed E-state index contributed by atoms with van der Waals surface area (Å²) in [5.74, 6) is 2.03. The van der Waals surface area contributed by atoms with E-state index in [1.807, 2.05) is 6.92 Å². The standard InChI is InChI=1S/C18H23BrO/c1-9-8-10(2)12(4)16(11(9)3)18(19)17-13(5)14(6)20-15(17)7/h8,18H,1-7H3. The summed E-state index contributed by atoms with van der Waals surface area (Å²) in [6.45, 7) is 15.0. The lowest BCUT2D eigenvalue weighted by Gasteiger charge is -2.20. The Hall–Kier alpha value is -1.02. The molecule has 1 unspecified atom stereocenters. The van der Waals surface area contributed by atoms with E-state index in [0.717, 1.165) is 11.5 Å². The van der Waals surface area contributed by atoms with Gasteiger partial charge < -0.3 is 4.42 Å². The Balaban J connectivity index is 2.68. The van der Waals surface area contributed by atoms with Crippen molar-refractivity contribution in [2.24, 2.45) is 0 Å². The SMILES string of the molecule is Cc1cc(C)c(C)c(C(Br)c2c(C)oc(C)c2C)c1C. The van der Waals surface area contributed by atoms with E-state index in [1.165, 1.54) is 38.9 Å². The van der Waals surface area contributed by atoms with Gasteiger partial charge in [-0.15, -0.1) is 0 Å². The van der Waals surface area contributed by atoms with Gasteiger partial charge in [-0.05, 0) is 81.8 Å². The molecule has 0 bridgehead atoms. The first-order valence-electron chi connectivity index (χ1n) is 7.03. The largest absolute Gasteiger partial charge is 0.466 e. The molecule has 20 heavy (non-hydrogen) atoms. The molecule has 0 radical (unpaired) electrons. The average molecular weight is 335 g/mol. The number of halogens is 1. The van der Waals surface area contributed by atoms with Gasteiger partial charge in [-0.25, -0.2) is 0 Å². The molecule has 0 spiro atoms. The Morgan fingerprint density at radius 2 is 1.25 bits per heavy atom. The molecule has 0 saturated heterocycles. The molecule has 1 nitrogen and oxygen atoms in total. The van der Waals surface area contributed by atoms with Gasteiger partial charge in [-0.3, -0.25) is 0 Å². The van der Waals surface area contributed by atoms with Crippen LogP contribution in [0, 0.1) is 48.5 Å². The third kappa shape index (κ3) is 2.35. The monoisotopic (exact) mass is 334 g/mol. The third-order valence-corrected chi connectivity index (χ3v) is 5.46. The van der Waals surface area contributed by atoms with Crippen LogP contribution >= 0.6 is 15.9 Å². The van der Waals surface area contributed by atoms with Crippen molar-refractivity contribution in [3.05, 3.63) is 56.5 Å². The molecule has 2 heteroatoms. The molecule has 0 aliphatic carbocycles. The molecule has 0 N–H and O–H groups in total. The van der Waals surface area contributed by atoms with Gasteiger partial charge in [-0.1, -0.05) is 22.0 Å². The predicted octanol–water partition coefficient (Wildman–Crippen LogP) is 5.92. The summed E-state index contributed by atoms with van der Waals surface area (Å²) >= 11 is 3.92. The Morgan fingerprint density at radius 3 is 1.65 bits per heavy atom. The molecule has 2 aromatic rings. The lowest BCUT2D eigenvalue weighted by Crippen LogP contribution is -2.04. The molecule has 0 amide bonds. The molecular weight excluding hydrogens is 312 g/mol. The zero-order chi connectivity index (χ0) is 15.2. The van der Waals surface area contributed by atoms with Crippen molar-refractivity contribution in [3.63, 3.8) is 0 Å². The molecule has 1 heterocycles. The fraction of sp³-hybridized carbons (Fsp3) is 0.444. The van der Waals surface area contributed by atoms with Crippen LogP contribution in [0.5, 0.6) is 0 Å². The summed E-state index contributed by atoms with van der Waals surface area (Å²) in [5.41, 5.74) is 9.35. The van der Waals surface area contributed by atoms with E-state index in [0.29, 0.717) is 0 Å². The molecule has 2 rings (SSSR count). The molecule has 0 fully saturated rings. The van der Waals surface area contributed by atoms with Gasteiger partial charge in [0.15, 0.2) is 0 Å². The van der Waals surface area contributed by atoms with Crippen molar-refractivity contribution in [2.75, 3.05) is 0 Å². The van der Waals surface area contributed by atoms with Crippen molar-refractivity contribution in [1.82, 2.24) is 0 Å². The van der Waals surface area contributed by atoms with Crippen molar-refractivity contribution in [2.45, 2.75) is 53.3 Å². The van der Waals surface area contributed by atoms with E-state index >= 15 is 0 Å². The second-order valence-corrected chi connectivity index (χ2v) is 6.71. The summed E-state index contributed by atoms with van der Waals surface area (Å²) in [5, 5.41) is 0. The Bertz CT molecular complexity index is 639. The summed E-state index contributed by atoms with van der Waals surface area (Å²) in [6.07, 6.45) is 0. The fourth-order valence-electron chi connectivity index (χ4n) is 2.96. The van der Waals surface area contributed by atoms with Crippen molar-refractivity contribution < 1.29 is 4.42 Å². The van der Waals surface area contributed by atoms with E-state index in [4.69, 9.17) is 4.42 Å². The van der Waals surface area contributed by atoms with Crippen LogP contribution in [0.25, 0.3) is 0 Å². The number of hydrogen-bond acceptors (Lipinski definition) is 1. The van der Waals surface area contributed by atoms with Crippen LogP contribution in [-0.4, -0.2) is 0 Å². The topological polar surface area (TPSA) is 13.1 Å². The Morgan fingerprint density at radius 1 is 0.750 bits per heavy atom. The maximum absolute atomic E-state index is 5.80. The number of furan rings is 1. The van der Waals surface area contributed by atoms with Gasteiger partial charge in [0.2, 0.25) is 0 Å². The minimum atomic E-state index is 0.193. The first-order chi connectivity index (χ1) is 9.25. The van der Waals surface area contributed by atoms with Crippen LogP contribution in [0.2, 0.25) is 0 Å². The highest BCUT2D eigenvalue weighted by molar-refractivity contribution is 9.09. The van der Waals surface area contributed by atoms with Gasteiger partial charge in [0, 0.05) is 5.56 Å². The second kappa shape index (κ2) is 5.40. The highest BCUT2D eigenvalue weighted by atomic mass is 79.9. The molecule has 1 aromatic heterocycles. The van der Waals surface area contributed by atoms with Crippen LogP contribution < -0.4 is 0 Å². The normalized spacial score (nSPS) is 12.8. The summed E-state index contributed by atoms with van der Waals surface area (Å²) in [7, 11) is 0. The molecule has 1 atom stereocenters. The van der Waals surface area contributed by atoms with E-state index in [9.17, 15) is 0 Å². The smallest absolute Gasteiger partial charge is 0.106 e. The van der Waals surface area contributed by atoms with Crippen molar-refractivity contribution in [3.8, 4) is 0 Å². The molecule has 108 valence electrons. The second-order valence-electron chi connectivity index (χ2n) is 5.79. The lowest BCUT2D eigenvalue weighted by molar-refractivity contribution is 0.500. The van der Waals surface area contributed by atoms with Gasteiger partial charge in [-0.2, -0.15) is 0 Å². The van der Waals surface area contributed by atoms with Gasteiger partial charge >= 0.3 is 0 Å². The third-order valence-electron chi connectivity index (χ3n) is 4.55. The highest BCUT2D eigenvalue weighted by Crippen LogP contribution is 2.41. The van der Waals surface area contributed by atoms with Gasteiger partial charge in [0.05, 0.1) is 4.83 Å². The Labute approximate surface area is 130 Å². The van der Waals surface area contributed by atoms with E-state index in [1.54, 1.807) is 0 Å². The van der Waals surface area contributed by atoms with Crippen LogP contribution in [0.15, 0.2) is 10.5 Å². The maximum Gasteiger partial charge on any atom is 0.106 e. The van der Waals surface area contributed by atoms with Crippen LogP contribution in [0.1, 0.15) is 55.3 Å². The highest BCUT2D eigenvalue weighted by Gasteiger charge is 2.24. The summed E-state index contributed by atoms with van der Waals surface area (Å²) in [4.78, 5) is 0.193. The zero-order valence-corrected chi connectivity index (χ0v) is 15.0. The number of rotatable bonds is 2. The van der Waals surface area contributed by atoms with Gasteiger partial charge in [0.1, 0.15) is 11.5 Å². The van der Waals surface area contributed by atoms with Crippen LogP contribution in [-0.2, 0) is 0 Å². The zero-order valence-electron chi connectivity index (χ0n) is 13.4.